The summed E-state index contributed by atoms with van der Waals surface area (Å²) in [5, 5.41) is 9.20. The van der Waals surface area contributed by atoms with Crippen molar-refractivity contribution in [3.05, 3.63) is 35.9 Å². The van der Waals surface area contributed by atoms with E-state index in [0.29, 0.717) is 25.6 Å². The van der Waals surface area contributed by atoms with Crippen LogP contribution in [0.25, 0.3) is 0 Å². The van der Waals surface area contributed by atoms with Gasteiger partial charge in [-0.25, -0.2) is 4.79 Å². The van der Waals surface area contributed by atoms with Crippen LogP contribution < -0.4 is 16.0 Å². The van der Waals surface area contributed by atoms with Crippen molar-refractivity contribution in [2.75, 3.05) is 20.1 Å². The Bertz CT molecular complexity index is 535. The highest BCUT2D eigenvalue weighted by atomic mass is 16.2. The van der Waals surface area contributed by atoms with Crippen molar-refractivity contribution in [1.29, 1.82) is 0 Å². The molecule has 2 atom stereocenters. The lowest BCUT2D eigenvalue weighted by atomic mass is 10.0. The largest absolute Gasteiger partial charge is 0.353 e. The van der Waals surface area contributed by atoms with Gasteiger partial charge < -0.3 is 20.9 Å². The van der Waals surface area contributed by atoms with Gasteiger partial charge in [-0.15, -0.1) is 0 Å². The minimum Gasteiger partial charge on any atom is -0.353 e. The lowest BCUT2D eigenvalue weighted by Gasteiger charge is -2.28. The molecule has 1 aliphatic heterocycles. The molecule has 1 aromatic rings. The first kappa shape index (κ1) is 18.3. The molecule has 0 aliphatic carbocycles. The summed E-state index contributed by atoms with van der Waals surface area (Å²) in [5.74, 6) is 0.000104. The van der Waals surface area contributed by atoms with Crippen molar-refractivity contribution in [1.82, 2.24) is 20.9 Å². The van der Waals surface area contributed by atoms with Crippen molar-refractivity contribution in [2.45, 2.75) is 44.8 Å². The summed E-state index contributed by atoms with van der Waals surface area (Å²) < 4.78 is 0. The third kappa shape index (κ3) is 6.20. The van der Waals surface area contributed by atoms with E-state index in [4.69, 9.17) is 0 Å². The molecular weight excluding hydrogens is 304 g/mol. The fourth-order valence-electron chi connectivity index (χ4n) is 2.91. The van der Waals surface area contributed by atoms with Gasteiger partial charge in [-0.3, -0.25) is 4.79 Å². The van der Waals surface area contributed by atoms with Crippen LogP contribution in [0.2, 0.25) is 0 Å². The summed E-state index contributed by atoms with van der Waals surface area (Å²) in [5.41, 5.74) is 1.08. The number of urea groups is 1. The Labute approximate surface area is 144 Å². The fraction of sp³-hybridized carbons (Fsp3) is 0.556. The number of carbonyl (C=O) groups excluding carboxylic acids is 2. The molecule has 3 amide bonds. The normalized spacial score (nSPS) is 20.2. The molecule has 0 saturated carbocycles. The van der Waals surface area contributed by atoms with Crippen molar-refractivity contribution in [2.24, 2.45) is 0 Å². The lowest BCUT2D eigenvalue weighted by Crippen LogP contribution is -2.47. The number of hydrogen-bond acceptors (Lipinski definition) is 3. The molecule has 0 bridgehead atoms. The summed E-state index contributed by atoms with van der Waals surface area (Å²) in [6.45, 7) is 3.96. The molecule has 1 saturated heterocycles. The second-order valence-corrected chi connectivity index (χ2v) is 6.47. The van der Waals surface area contributed by atoms with Gasteiger partial charge >= 0.3 is 6.03 Å². The molecule has 2 unspecified atom stereocenters. The highest BCUT2D eigenvalue weighted by Crippen LogP contribution is 2.08. The van der Waals surface area contributed by atoms with E-state index < -0.39 is 0 Å². The monoisotopic (exact) mass is 332 g/mol. The standard InChI is InChI=1S/C18H28N4O2/c1-14-12-16(8-10-19-14)21-17(23)9-11-20-18(24)22(2)13-15-6-4-3-5-7-15/h3-7,14,16,19H,8-13H2,1-2H3,(H,20,24)(H,21,23). The van der Waals surface area contributed by atoms with Gasteiger partial charge in [-0.05, 0) is 31.9 Å². The van der Waals surface area contributed by atoms with Crippen LogP contribution in [0.4, 0.5) is 4.79 Å². The number of nitrogens with one attached hydrogen (secondary N) is 3. The van der Waals surface area contributed by atoms with E-state index in [2.05, 4.69) is 22.9 Å². The molecule has 6 heteroatoms. The Balaban J connectivity index is 1.63. The Morgan fingerprint density at radius 3 is 2.75 bits per heavy atom. The summed E-state index contributed by atoms with van der Waals surface area (Å²) in [7, 11) is 1.75. The van der Waals surface area contributed by atoms with E-state index in [0.717, 1.165) is 24.9 Å². The zero-order chi connectivity index (χ0) is 17.4. The van der Waals surface area contributed by atoms with Crippen LogP contribution in [0.15, 0.2) is 30.3 Å². The summed E-state index contributed by atoms with van der Waals surface area (Å²) in [6.07, 6.45) is 2.23. The molecule has 6 nitrogen and oxygen atoms in total. The van der Waals surface area contributed by atoms with E-state index in [9.17, 15) is 9.59 Å². The maximum Gasteiger partial charge on any atom is 0.317 e. The van der Waals surface area contributed by atoms with Gasteiger partial charge in [0.2, 0.25) is 5.91 Å². The van der Waals surface area contributed by atoms with Gasteiger partial charge in [0.25, 0.3) is 0 Å². The minimum atomic E-state index is -0.165. The summed E-state index contributed by atoms with van der Waals surface area (Å²) in [6, 6.07) is 10.3. The SMILES string of the molecule is CC1CC(NC(=O)CCNC(=O)N(C)Cc2ccccc2)CCN1. The van der Waals surface area contributed by atoms with Gasteiger partial charge in [-0.1, -0.05) is 30.3 Å². The highest BCUT2D eigenvalue weighted by Gasteiger charge is 2.19. The van der Waals surface area contributed by atoms with E-state index in [-0.39, 0.29) is 18.0 Å². The van der Waals surface area contributed by atoms with Gasteiger partial charge in [-0.2, -0.15) is 0 Å². The number of carbonyl (C=O) groups is 2. The second-order valence-electron chi connectivity index (χ2n) is 6.47. The van der Waals surface area contributed by atoms with Gasteiger partial charge in [0, 0.05) is 38.6 Å². The topological polar surface area (TPSA) is 73.5 Å². The van der Waals surface area contributed by atoms with E-state index in [1.807, 2.05) is 30.3 Å². The smallest absolute Gasteiger partial charge is 0.317 e. The third-order valence-electron chi connectivity index (χ3n) is 4.23. The van der Waals surface area contributed by atoms with Crippen molar-refractivity contribution in [3.8, 4) is 0 Å². The third-order valence-corrected chi connectivity index (χ3v) is 4.23. The van der Waals surface area contributed by atoms with Gasteiger partial charge in [0.15, 0.2) is 0 Å². The first-order chi connectivity index (χ1) is 11.5. The molecule has 24 heavy (non-hydrogen) atoms. The average Bonchev–Trinajstić information content (AvgIpc) is 2.55. The van der Waals surface area contributed by atoms with E-state index in [1.165, 1.54) is 0 Å². The molecule has 1 heterocycles. The average molecular weight is 332 g/mol. The first-order valence-corrected chi connectivity index (χ1v) is 8.60. The van der Waals surface area contributed by atoms with Gasteiger partial charge in [0.1, 0.15) is 0 Å². The van der Waals surface area contributed by atoms with Gasteiger partial charge in [0.05, 0.1) is 0 Å². The maximum absolute atomic E-state index is 12.0. The highest BCUT2D eigenvalue weighted by molar-refractivity contribution is 5.78. The van der Waals surface area contributed by atoms with E-state index in [1.54, 1.807) is 11.9 Å². The lowest BCUT2D eigenvalue weighted by molar-refractivity contribution is -0.121. The molecule has 1 aromatic carbocycles. The predicted octanol–water partition coefficient (Wildman–Crippen LogP) is 1.47. The zero-order valence-corrected chi connectivity index (χ0v) is 14.5. The molecule has 0 aromatic heterocycles. The molecule has 1 aliphatic rings. The zero-order valence-electron chi connectivity index (χ0n) is 14.5. The summed E-state index contributed by atoms with van der Waals surface area (Å²) >= 11 is 0. The van der Waals surface area contributed by atoms with Crippen LogP contribution in [0.5, 0.6) is 0 Å². The van der Waals surface area contributed by atoms with Crippen LogP contribution in [-0.4, -0.2) is 49.1 Å². The quantitative estimate of drug-likeness (QED) is 0.739. The van der Waals surface area contributed by atoms with E-state index >= 15 is 0 Å². The Morgan fingerprint density at radius 2 is 2.04 bits per heavy atom. The predicted molar refractivity (Wildman–Crippen MR) is 94.6 cm³/mol. The van der Waals surface area contributed by atoms with Crippen LogP contribution in [0.3, 0.4) is 0 Å². The fourth-order valence-corrected chi connectivity index (χ4v) is 2.91. The number of benzene rings is 1. The molecule has 3 N–H and O–H groups in total. The number of hydrogen-bond donors (Lipinski definition) is 3. The molecular formula is C18H28N4O2. The number of amides is 3. The maximum atomic E-state index is 12.0. The molecule has 0 radical (unpaired) electrons. The molecule has 2 rings (SSSR count). The van der Waals surface area contributed by atoms with Crippen LogP contribution in [0.1, 0.15) is 31.7 Å². The molecule has 0 spiro atoms. The minimum absolute atomic E-state index is 0.000104. The molecule has 1 fully saturated rings. The first-order valence-electron chi connectivity index (χ1n) is 8.60. The Morgan fingerprint density at radius 1 is 1.29 bits per heavy atom. The van der Waals surface area contributed by atoms with Crippen LogP contribution in [0, 0.1) is 0 Å². The Hall–Kier alpha value is -2.08. The summed E-state index contributed by atoms with van der Waals surface area (Å²) in [4.78, 5) is 25.6. The van der Waals surface area contributed by atoms with Crippen LogP contribution in [-0.2, 0) is 11.3 Å². The van der Waals surface area contributed by atoms with Crippen molar-refractivity contribution in [3.63, 3.8) is 0 Å². The van der Waals surface area contributed by atoms with Crippen molar-refractivity contribution >= 4 is 11.9 Å². The number of piperidine rings is 1. The number of rotatable bonds is 6. The second kappa shape index (κ2) is 9.27. The van der Waals surface area contributed by atoms with Crippen LogP contribution >= 0.6 is 0 Å². The molecule has 132 valence electrons. The number of nitrogens with zero attached hydrogens (tertiary/aromatic N) is 1. The van der Waals surface area contributed by atoms with Crippen molar-refractivity contribution < 1.29 is 9.59 Å². The Kier molecular flexibility index (Phi) is 7.06.